The number of piperazine rings is 1. The van der Waals surface area contributed by atoms with E-state index in [1.165, 1.54) is 31.2 Å². The molecule has 2 amide bonds. The standard InChI is InChI=1S/C24H26F3N5O/c1-16-15-31(22-19(14-28)8-11-21(30-22)24(25,26)27)12-13-32(16)23(33)29-20-9-6-18(7-10-20)17-4-2-3-5-17/h6-11,16-17H,2-5,12-13,15H2,1H3,(H,29,33). The molecule has 1 N–H and O–H groups in total. The van der Waals surface area contributed by atoms with Gasteiger partial charge < -0.3 is 15.1 Å². The minimum atomic E-state index is -4.59. The van der Waals surface area contributed by atoms with Crippen molar-refractivity contribution in [3.8, 4) is 6.07 Å². The van der Waals surface area contributed by atoms with Crippen molar-refractivity contribution in [1.82, 2.24) is 9.88 Å². The predicted molar refractivity (Wildman–Crippen MR) is 119 cm³/mol. The van der Waals surface area contributed by atoms with Gasteiger partial charge in [-0.25, -0.2) is 9.78 Å². The van der Waals surface area contributed by atoms with Crippen molar-refractivity contribution in [1.29, 1.82) is 5.26 Å². The van der Waals surface area contributed by atoms with Gasteiger partial charge in [-0.2, -0.15) is 18.4 Å². The van der Waals surface area contributed by atoms with Crippen LogP contribution in [0.3, 0.4) is 0 Å². The van der Waals surface area contributed by atoms with E-state index in [4.69, 9.17) is 0 Å². The summed E-state index contributed by atoms with van der Waals surface area (Å²) < 4.78 is 39.3. The number of pyridine rings is 1. The van der Waals surface area contributed by atoms with Crippen molar-refractivity contribution in [2.75, 3.05) is 29.9 Å². The monoisotopic (exact) mass is 457 g/mol. The summed E-state index contributed by atoms with van der Waals surface area (Å²) in [6, 6.07) is 11.3. The molecule has 1 aromatic carbocycles. The summed E-state index contributed by atoms with van der Waals surface area (Å²) in [6.07, 6.45) is 0.352. The molecule has 2 aliphatic rings. The molecular weight excluding hydrogens is 431 g/mol. The first-order valence-corrected chi connectivity index (χ1v) is 11.2. The highest BCUT2D eigenvalue weighted by Gasteiger charge is 2.35. The van der Waals surface area contributed by atoms with Gasteiger partial charge in [0.1, 0.15) is 17.6 Å². The molecule has 2 aromatic rings. The van der Waals surface area contributed by atoms with E-state index in [9.17, 15) is 23.2 Å². The van der Waals surface area contributed by atoms with Crippen LogP contribution in [0.15, 0.2) is 36.4 Å². The third-order valence-electron chi connectivity index (χ3n) is 6.46. The molecule has 0 bridgehead atoms. The molecule has 174 valence electrons. The van der Waals surface area contributed by atoms with Gasteiger partial charge in [0.15, 0.2) is 0 Å². The van der Waals surface area contributed by atoms with Crippen LogP contribution in [0.5, 0.6) is 0 Å². The topological polar surface area (TPSA) is 72.3 Å². The molecule has 1 saturated heterocycles. The Hall–Kier alpha value is -3.28. The Balaban J connectivity index is 1.41. The van der Waals surface area contributed by atoms with E-state index in [0.29, 0.717) is 18.2 Å². The van der Waals surface area contributed by atoms with Crippen LogP contribution in [0.2, 0.25) is 0 Å². The van der Waals surface area contributed by atoms with Crippen molar-refractivity contribution < 1.29 is 18.0 Å². The van der Waals surface area contributed by atoms with Gasteiger partial charge in [0, 0.05) is 31.4 Å². The maximum atomic E-state index is 13.1. The highest BCUT2D eigenvalue weighted by Crippen LogP contribution is 2.34. The molecule has 1 atom stereocenters. The van der Waals surface area contributed by atoms with Gasteiger partial charge in [0.2, 0.25) is 0 Å². The number of nitrogens with zero attached hydrogens (tertiary/aromatic N) is 4. The largest absolute Gasteiger partial charge is 0.433 e. The number of amides is 2. The zero-order valence-electron chi connectivity index (χ0n) is 18.4. The van der Waals surface area contributed by atoms with Gasteiger partial charge in [-0.15, -0.1) is 0 Å². The number of hydrogen-bond donors (Lipinski definition) is 1. The number of hydrogen-bond acceptors (Lipinski definition) is 4. The second-order valence-corrected chi connectivity index (χ2v) is 8.70. The number of alkyl halides is 3. The average molecular weight is 458 g/mol. The molecule has 0 radical (unpaired) electrons. The molecule has 6 nitrogen and oxygen atoms in total. The summed E-state index contributed by atoms with van der Waals surface area (Å²) >= 11 is 0. The lowest BCUT2D eigenvalue weighted by Crippen LogP contribution is -2.55. The first-order valence-electron chi connectivity index (χ1n) is 11.2. The Morgan fingerprint density at radius 3 is 2.42 bits per heavy atom. The maximum absolute atomic E-state index is 13.1. The van der Waals surface area contributed by atoms with Crippen molar-refractivity contribution in [2.45, 2.75) is 50.7 Å². The number of anilines is 2. The summed E-state index contributed by atoms with van der Waals surface area (Å²) in [7, 11) is 0. The quantitative estimate of drug-likeness (QED) is 0.672. The van der Waals surface area contributed by atoms with E-state index in [-0.39, 0.29) is 36.5 Å². The number of aromatic nitrogens is 1. The fourth-order valence-electron chi connectivity index (χ4n) is 4.68. The SMILES string of the molecule is CC1CN(c2nc(C(F)(F)F)ccc2C#N)CCN1C(=O)Nc1ccc(C2CCCC2)cc1. The number of carbonyl (C=O) groups excluding carboxylic acids is 1. The second-order valence-electron chi connectivity index (χ2n) is 8.70. The Morgan fingerprint density at radius 2 is 1.82 bits per heavy atom. The molecule has 2 fully saturated rings. The molecule has 4 rings (SSSR count). The van der Waals surface area contributed by atoms with Gasteiger partial charge in [0.05, 0.1) is 5.56 Å². The lowest BCUT2D eigenvalue weighted by Gasteiger charge is -2.40. The third kappa shape index (κ3) is 5.05. The minimum Gasteiger partial charge on any atom is -0.352 e. The molecular formula is C24H26F3N5O. The summed E-state index contributed by atoms with van der Waals surface area (Å²) in [5.74, 6) is 0.604. The Morgan fingerprint density at radius 1 is 1.12 bits per heavy atom. The lowest BCUT2D eigenvalue weighted by atomic mass is 9.98. The van der Waals surface area contributed by atoms with Crippen LogP contribution in [0.25, 0.3) is 0 Å². The molecule has 33 heavy (non-hydrogen) atoms. The highest BCUT2D eigenvalue weighted by atomic mass is 19.4. The van der Waals surface area contributed by atoms with E-state index in [0.717, 1.165) is 12.1 Å². The van der Waals surface area contributed by atoms with E-state index < -0.39 is 11.9 Å². The molecule has 1 aromatic heterocycles. The van der Waals surface area contributed by atoms with Crippen LogP contribution in [-0.2, 0) is 6.18 Å². The summed E-state index contributed by atoms with van der Waals surface area (Å²) in [5, 5.41) is 12.2. The average Bonchev–Trinajstić information content (AvgIpc) is 3.33. The predicted octanol–water partition coefficient (Wildman–Crippen LogP) is 5.37. The van der Waals surface area contributed by atoms with Crippen LogP contribution in [-0.4, -0.2) is 41.6 Å². The van der Waals surface area contributed by atoms with Crippen LogP contribution in [0.4, 0.5) is 29.5 Å². The van der Waals surface area contributed by atoms with Crippen LogP contribution < -0.4 is 10.2 Å². The number of carbonyl (C=O) groups is 1. The first-order chi connectivity index (χ1) is 15.8. The van der Waals surface area contributed by atoms with Crippen LogP contribution in [0, 0.1) is 11.3 Å². The maximum Gasteiger partial charge on any atom is 0.433 e. The molecule has 1 saturated carbocycles. The molecule has 2 heterocycles. The van der Waals surface area contributed by atoms with E-state index in [1.54, 1.807) is 9.80 Å². The van der Waals surface area contributed by atoms with Gasteiger partial charge in [-0.1, -0.05) is 25.0 Å². The molecule has 9 heteroatoms. The molecule has 1 unspecified atom stereocenters. The number of benzene rings is 1. The normalized spacial score (nSPS) is 19.4. The second kappa shape index (κ2) is 9.30. The van der Waals surface area contributed by atoms with Crippen molar-refractivity contribution in [3.63, 3.8) is 0 Å². The fraction of sp³-hybridized carbons (Fsp3) is 0.458. The van der Waals surface area contributed by atoms with Crippen LogP contribution >= 0.6 is 0 Å². The van der Waals surface area contributed by atoms with Crippen molar-refractivity contribution >= 4 is 17.5 Å². The van der Waals surface area contributed by atoms with Gasteiger partial charge in [0.25, 0.3) is 0 Å². The Bertz CT molecular complexity index is 1040. The van der Waals surface area contributed by atoms with Crippen molar-refractivity contribution in [3.05, 3.63) is 53.2 Å². The zero-order valence-corrected chi connectivity index (χ0v) is 18.4. The van der Waals surface area contributed by atoms with Crippen molar-refractivity contribution in [2.24, 2.45) is 0 Å². The molecule has 1 aliphatic carbocycles. The number of rotatable bonds is 3. The van der Waals surface area contributed by atoms with Gasteiger partial charge >= 0.3 is 12.2 Å². The minimum absolute atomic E-state index is 0.00161. The fourth-order valence-corrected chi connectivity index (χ4v) is 4.68. The van der Waals surface area contributed by atoms with E-state index >= 15 is 0 Å². The highest BCUT2D eigenvalue weighted by molar-refractivity contribution is 5.89. The summed E-state index contributed by atoms with van der Waals surface area (Å²) in [4.78, 5) is 19.9. The van der Waals surface area contributed by atoms with E-state index in [2.05, 4.69) is 22.4 Å². The number of nitriles is 1. The molecule has 1 aliphatic heterocycles. The zero-order chi connectivity index (χ0) is 23.6. The molecule has 0 spiro atoms. The first kappa shape index (κ1) is 22.9. The Kier molecular flexibility index (Phi) is 6.45. The Labute approximate surface area is 191 Å². The summed E-state index contributed by atoms with van der Waals surface area (Å²) in [6.45, 7) is 2.68. The van der Waals surface area contributed by atoms with Gasteiger partial charge in [-0.3, -0.25) is 0 Å². The number of urea groups is 1. The smallest absolute Gasteiger partial charge is 0.352 e. The number of nitrogens with one attached hydrogen (secondary N) is 1. The number of halogens is 3. The summed E-state index contributed by atoms with van der Waals surface area (Å²) in [5.41, 5.74) is 1.05. The lowest BCUT2D eigenvalue weighted by molar-refractivity contribution is -0.141. The van der Waals surface area contributed by atoms with Gasteiger partial charge in [-0.05, 0) is 55.5 Å². The third-order valence-corrected chi connectivity index (χ3v) is 6.46. The van der Waals surface area contributed by atoms with Crippen LogP contribution in [0.1, 0.15) is 55.3 Å². The van der Waals surface area contributed by atoms with E-state index in [1.807, 2.05) is 25.1 Å².